The molecule has 0 aliphatic heterocycles. The van der Waals surface area contributed by atoms with Gasteiger partial charge in [0, 0.05) is 24.2 Å². The van der Waals surface area contributed by atoms with Gasteiger partial charge < -0.3 is 10.4 Å². The number of halogens is 1. The standard InChI is InChI=1S/C28H35FN2O3/c1-3-4-5-6-10-13-22-23-15-14-21(19-11-8-7-9-12-19)24(22)28(23,29)31-20-16-17-27(18-20,26(33)34)25(32)30-2/h7-9,11-12,14-15,20,31H,3-6,10,13,16-18H2,1-2H3,(H,30,32)(H,33,34). The van der Waals surface area contributed by atoms with Crippen LogP contribution in [-0.2, 0) is 21.8 Å². The lowest BCUT2D eigenvalue weighted by Crippen LogP contribution is -2.52. The lowest BCUT2D eigenvalue weighted by atomic mass is 9.71. The molecule has 4 rings (SSSR count). The molecule has 2 bridgehead atoms. The third kappa shape index (κ3) is 4.13. The van der Waals surface area contributed by atoms with Gasteiger partial charge in [0.25, 0.3) is 0 Å². The monoisotopic (exact) mass is 466 g/mol. The molecule has 1 fully saturated rings. The first-order valence-corrected chi connectivity index (χ1v) is 12.5. The van der Waals surface area contributed by atoms with Crippen LogP contribution in [0.4, 0.5) is 4.39 Å². The molecule has 6 heteroatoms. The Morgan fingerprint density at radius 1 is 1.09 bits per heavy atom. The quantitative estimate of drug-likeness (QED) is 0.238. The van der Waals surface area contributed by atoms with Crippen molar-refractivity contribution < 1.29 is 19.1 Å². The molecular weight excluding hydrogens is 431 g/mol. The molecule has 0 aromatic heterocycles. The zero-order chi connectivity index (χ0) is 24.3. The van der Waals surface area contributed by atoms with E-state index in [-0.39, 0.29) is 12.8 Å². The predicted octanol–water partition coefficient (Wildman–Crippen LogP) is 5.31. The number of benzene rings is 2. The van der Waals surface area contributed by atoms with Crippen molar-refractivity contribution in [2.45, 2.75) is 76.5 Å². The highest BCUT2D eigenvalue weighted by molar-refractivity contribution is 6.02. The Morgan fingerprint density at radius 3 is 2.50 bits per heavy atom. The van der Waals surface area contributed by atoms with Gasteiger partial charge in [-0.05, 0) is 48.8 Å². The van der Waals surface area contributed by atoms with Crippen molar-refractivity contribution in [3.8, 4) is 11.1 Å². The number of fused-ring (bicyclic) bond motifs is 2. The van der Waals surface area contributed by atoms with E-state index < -0.39 is 29.1 Å². The van der Waals surface area contributed by atoms with Gasteiger partial charge >= 0.3 is 5.97 Å². The fourth-order valence-electron chi connectivity index (χ4n) is 5.80. The van der Waals surface area contributed by atoms with E-state index in [1.165, 1.54) is 26.3 Å². The number of alkyl halides is 1. The van der Waals surface area contributed by atoms with Gasteiger partial charge in [0.2, 0.25) is 11.7 Å². The molecule has 2 aromatic rings. The van der Waals surface area contributed by atoms with Crippen LogP contribution < -0.4 is 10.6 Å². The number of carbonyl (C=O) groups is 2. The Bertz CT molecular complexity index is 1060. The smallest absolute Gasteiger partial charge is 0.319 e. The minimum atomic E-state index is -1.82. The van der Waals surface area contributed by atoms with Crippen molar-refractivity contribution >= 4 is 11.9 Å². The topological polar surface area (TPSA) is 78.4 Å². The van der Waals surface area contributed by atoms with Crippen LogP contribution >= 0.6 is 0 Å². The second-order valence-corrected chi connectivity index (χ2v) is 9.75. The maximum atomic E-state index is 16.7. The lowest BCUT2D eigenvalue weighted by Gasteiger charge is -2.44. The molecular formula is C28H35FN2O3. The summed E-state index contributed by atoms with van der Waals surface area (Å²) in [5.41, 5.74) is 2.75. The van der Waals surface area contributed by atoms with E-state index in [4.69, 9.17) is 0 Å². The van der Waals surface area contributed by atoms with Crippen LogP contribution in [-0.4, -0.2) is 30.1 Å². The molecule has 1 amide bonds. The summed E-state index contributed by atoms with van der Waals surface area (Å²) in [4.78, 5) is 24.4. The average molecular weight is 467 g/mol. The van der Waals surface area contributed by atoms with Gasteiger partial charge in [-0.2, -0.15) is 0 Å². The van der Waals surface area contributed by atoms with Gasteiger partial charge in [-0.1, -0.05) is 75.1 Å². The Labute approximate surface area is 201 Å². The van der Waals surface area contributed by atoms with Crippen molar-refractivity contribution in [2.75, 3.05) is 7.05 Å². The van der Waals surface area contributed by atoms with Crippen LogP contribution in [0.3, 0.4) is 0 Å². The van der Waals surface area contributed by atoms with E-state index >= 15 is 4.39 Å². The predicted molar refractivity (Wildman–Crippen MR) is 131 cm³/mol. The molecule has 3 N–H and O–H groups in total. The number of carbonyl (C=O) groups excluding carboxylic acids is 1. The van der Waals surface area contributed by atoms with Crippen molar-refractivity contribution in [2.24, 2.45) is 5.41 Å². The van der Waals surface area contributed by atoms with E-state index in [0.29, 0.717) is 17.5 Å². The largest absolute Gasteiger partial charge is 0.480 e. The van der Waals surface area contributed by atoms with Crippen LogP contribution in [0, 0.1) is 5.41 Å². The lowest BCUT2D eigenvalue weighted by molar-refractivity contribution is -0.155. The number of hydrogen-bond donors (Lipinski definition) is 3. The highest BCUT2D eigenvalue weighted by atomic mass is 19.1. The summed E-state index contributed by atoms with van der Waals surface area (Å²) in [6.45, 7) is 2.19. The van der Waals surface area contributed by atoms with Crippen molar-refractivity contribution in [3.63, 3.8) is 0 Å². The molecule has 0 spiro atoms. The fraction of sp³-hybridized carbons (Fsp3) is 0.500. The number of unbranched alkanes of at least 4 members (excludes halogenated alkanes) is 4. The van der Waals surface area contributed by atoms with E-state index in [1.807, 2.05) is 42.5 Å². The molecule has 3 unspecified atom stereocenters. The molecule has 2 aliphatic carbocycles. The molecule has 0 radical (unpaired) electrons. The summed E-state index contributed by atoms with van der Waals surface area (Å²) in [6, 6.07) is 13.3. The average Bonchev–Trinajstić information content (AvgIpc) is 3.28. The van der Waals surface area contributed by atoms with Crippen LogP contribution in [0.1, 0.15) is 75.0 Å². The van der Waals surface area contributed by atoms with Crippen molar-refractivity contribution in [1.29, 1.82) is 0 Å². The number of carboxylic acid groups (broad SMARTS) is 1. The Hall–Kier alpha value is -2.73. The zero-order valence-electron chi connectivity index (χ0n) is 20.1. The number of aliphatic carboxylic acids is 1. The summed E-state index contributed by atoms with van der Waals surface area (Å²) in [5.74, 6) is -3.48. The van der Waals surface area contributed by atoms with Crippen LogP contribution in [0.2, 0.25) is 0 Å². The number of hydrogen-bond acceptors (Lipinski definition) is 3. The Morgan fingerprint density at radius 2 is 1.82 bits per heavy atom. The molecule has 5 nitrogen and oxygen atoms in total. The minimum absolute atomic E-state index is 0.0744. The second kappa shape index (κ2) is 9.87. The third-order valence-electron chi connectivity index (χ3n) is 7.63. The van der Waals surface area contributed by atoms with Gasteiger partial charge in [-0.25, -0.2) is 4.39 Å². The molecule has 34 heavy (non-hydrogen) atoms. The number of rotatable bonds is 11. The number of nitrogens with one attached hydrogen (secondary N) is 2. The van der Waals surface area contributed by atoms with Gasteiger partial charge in [0.15, 0.2) is 0 Å². The molecule has 3 atom stereocenters. The van der Waals surface area contributed by atoms with Crippen LogP contribution in [0.5, 0.6) is 0 Å². The van der Waals surface area contributed by atoms with E-state index in [2.05, 4.69) is 17.6 Å². The van der Waals surface area contributed by atoms with Crippen molar-refractivity contribution in [1.82, 2.24) is 10.6 Å². The van der Waals surface area contributed by atoms with Gasteiger partial charge in [-0.3, -0.25) is 14.9 Å². The first kappa shape index (κ1) is 24.4. The maximum Gasteiger partial charge on any atom is 0.319 e. The first-order chi connectivity index (χ1) is 16.4. The molecule has 182 valence electrons. The number of carboxylic acids is 1. The molecule has 2 aromatic carbocycles. The summed E-state index contributed by atoms with van der Waals surface area (Å²) in [5, 5.41) is 15.4. The summed E-state index contributed by atoms with van der Waals surface area (Å²) < 4.78 is 16.7. The van der Waals surface area contributed by atoms with Crippen LogP contribution in [0.25, 0.3) is 11.1 Å². The maximum absolute atomic E-state index is 16.7. The first-order valence-electron chi connectivity index (χ1n) is 12.5. The zero-order valence-corrected chi connectivity index (χ0v) is 20.1. The summed E-state index contributed by atoms with van der Waals surface area (Å²) in [7, 11) is 1.44. The normalized spacial score (nSPS) is 25.1. The molecule has 0 saturated heterocycles. The van der Waals surface area contributed by atoms with Gasteiger partial charge in [-0.15, -0.1) is 0 Å². The summed E-state index contributed by atoms with van der Waals surface area (Å²) in [6.07, 6.45) is 7.29. The Kier molecular flexibility index (Phi) is 7.08. The highest BCUT2D eigenvalue weighted by Crippen LogP contribution is 2.53. The van der Waals surface area contributed by atoms with Gasteiger partial charge in [0.1, 0.15) is 5.41 Å². The third-order valence-corrected chi connectivity index (χ3v) is 7.63. The number of aryl methyl sites for hydroxylation is 1. The van der Waals surface area contributed by atoms with E-state index in [9.17, 15) is 14.7 Å². The van der Waals surface area contributed by atoms with Gasteiger partial charge in [0.05, 0.1) is 0 Å². The summed E-state index contributed by atoms with van der Waals surface area (Å²) >= 11 is 0. The van der Waals surface area contributed by atoms with Crippen LogP contribution in [0.15, 0.2) is 42.5 Å². The molecule has 0 heterocycles. The number of amides is 1. The van der Waals surface area contributed by atoms with E-state index in [1.54, 1.807) is 0 Å². The SMILES string of the molecule is CCCCCCCc1c2ccc(-c3ccccc3)c1C2(F)NC1CCC(C(=O)O)(C(=O)NC)C1. The molecule has 1 saturated carbocycles. The second-order valence-electron chi connectivity index (χ2n) is 9.75. The Balaban J connectivity index is 1.59. The minimum Gasteiger partial charge on any atom is -0.480 e. The molecule has 2 aliphatic rings. The van der Waals surface area contributed by atoms with Crippen molar-refractivity contribution in [3.05, 3.63) is 59.2 Å². The fourth-order valence-corrected chi connectivity index (χ4v) is 5.80. The van der Waals surface area contributed by atoms with E-state index in [0.717, 1.165) is 36.0 Å². The highest BCUT2D eigenvalue weighted by Gasteiger charge is 2.55.